The number of carbonyl (C=O) groups excluding carboxylic acids is 2. The lowest BCUT2D eigenvalue weighted by Crippen LogP contribution is -2.47. The molecule has 1 fully saturated rings. The average molecular weight is 445 g/mol. The molecule has 6 nitrogen and oxygen atoms in total. The number of hydrogen-bond donors (Lipinski definition) is 1. The topological polar surface area (TPSA) is 67.9 Å². The third kappa shape index (κ3) is 6.37. The zero-order chi connectivity index (χ0) is 22.2. The van der Waals surface area contributed by atoms with Gasteiger partial charge in [-0.05, 0) is 55.2 Å². The van der Waals surface area contributed by atoms with E-state index in [4.69, 9.17) is 21.1 Å². The van der Waals surface area contributed by atoms with Gasteiger partial charge in [-0.25, -0.2) is 0 Å². The van der Waals surface area contributed by atoms with Crippen molar-refractivity contribution in [3.05, 3.63) is 58.6 Å². The molecule has 0 radical (unpaired) electrons. The number of methoxy groups -OCH3 is 1. The lowest BCUT2D eigenvalue weighted by molar-refractivity contribution is -0.134. The SMILES string of the molecule is CCCc1ccc(OCC(=O)N2CCC(NC(=O)c3cc(Cl)ccc3OC)CC2)cc1. The number of aryl methyl sites for hydroxylation is 1. The first-order valence-corrected chi connectivity index (χ1v) is 11.0. The molecule has 7 heteroatoms. The van der Waals surface area contributed by atoms with E-state index in [1.807, 2.05) is 24.3 Å². The number of amides is 2. The van der Waals surface area contributed by atoms with Crippen molar-refractivity contribution in [1.82, 2.24) is 10.2 Å². The Balaban J connectivity index is 1.45. The summed E-state index contributed by atoms with van der Waals surface area (Å²) >= 11 is 6.02. The smallest absolute Gasteiger partial charge is 0.260 e. The summed E-state index contributed by atoms with van der Waals surface area (Å²) in [4.78, 5) is 26.9. The van der Waals surface area contributed by atoms with E-state index in [0.717, 1.165) is 12.8 Å². The zero-order valence-electron chi connectivity index (χ0n) is 18.0. The fraction of sp³-hybridized carbons (Fsp3) is 0.417. The standard InChI is InChI=1S/C24H29ClN2O4/c1-3-4-17-5-8-20(9-6-17)31-16-23(28)27-13-11-19(12-14-27)26-24(29)21-15-18(25)7-10-22(21)30-2/h5-10,15,19H,3-4,11-14,16H2,1-2H3,(H,26,29). The molecule has 1 N–H and O–H groups in total. The average Bonchev–Trinajstić information content (AvgIpc) is 2.79. The number of hydrogen-bond acceptors (Lipinski definition) is 4. The van der Waals surface area contributed by atoms with Gasteiger partial charge in [-0.2, -0.15) is 0 Å². The first kappa shape index (κ1) is 22.9. The van der Waals surface area contributed by atoms with Gasteiger partial charge in [0.1, 0.15) is 11.5 Å². The molecule has 166 valence electrons. The Morgan fingerprint density at radius 2 is 1.84 bits per heavy atom. The van der Waals surface area contributed by atoms with E-state index >= 15 is 0 Å². The molecule has 2 aromatic rings. The molecule has 0 aromatic heterocycles. The fourth-order valence-corrected chi connectivity index (χ4v) is 3.84. The fourth-order valence-electron chi connectivity index (χ4n) is 3.67. The van der Waals surface area contributed by atoms with Gasteiger partial charge < -0.3 is 19.7 Å². The van der Waals surface area contributed by atoms with Gasteiger partial charge in [0.2, 0.25) is 0 Å². The van der Waals surface area contributed by atoms with E-state index in [1.54, 1.807) is 23.1 Å². The molecule has 0 atom stereocenters. The summed E-state index contributed by atoms with van der Waals surface area (Å²) in [6.07, 6.45) is 3.51. The minimum Gasteiger partial charge on any atom is -0.496 e. The molecule has 0 bridgehead atoms. The van der Waals surface area contributed by atoms with E-state index in [9.17, 15) is 9.59 Å². The maximum absolute atomic E-state index is 12.6. The highest BCUT2D eigenvalue weighted by atomic mass is 35.5. The van der Waals surface area contributed by atoms with E-state index in [-0.39, 0.29) is 24.5 Å². The first-order chi connectivity index (χ1) is 15.0. The van der Waals surface area contributed by atoms with Crippen LogP contribution in [0.1, 0.15) is 42.1 Å². The molecule has 0 spiro atoms. The van der Waals surface area contributed by atoms with Crippen LogP contribution in [0.3, 0.4) is 0 Å². The maximum Gasteiger partial charge on any atom is 0.260 e. The molecule has 31 heavy (non-hydrogen) atoms. The highest BCUT2D eigenvalue weighted by Crippen LogP contribution is 2.23. The number of carbonyl (C=O) groups is 2. The highest BCUT2D eigenvalue weighted by Gasteiger charge is 2.25. The summed E-state index contributed by atoms with van der Waals surface area (Å²) in [5.41, 5.74) is 1.67. The second-order valence-electron chi connectivity index (χ2n) is 7.66. The van der Waals surface area contributed by atoms with Gasteiger partial charge >= 0.3 is 0 Å². The predicted octanol–water partition coefficient (Wildman–Crippen LogP) is 4.10. The van der Waals surface area contributed by atoms with Gasteiger partial charge in [-0.1, -0.05) is 37.1 Å². The van der Waals surface area contributed by atoms with Gasteiger partial charge in [0.25, 0.3) is 11.8 Å². The van der Waals surface area contributed by atoms with Crippen LogP contribution in [-0.2, 0) is 11.2 Å². The van der Waals surface area contributed by atoms with Crippen molar-refractivity contribution in [2.24, 2.45) is 0 Å². The number of halogens is 1. The third-order valence-electron chi connectivity index (χ3n) is 5.41. The molecule has 3 rings (SSSR count). The van der Waals surface area contributed by atoms with Crippen molar-refractivity contribution in [1.29, 1.82) is 0 Å². The summed E-state index contributed by atoms with van der Waals surface area (Å²) in [5, 5.41) is 3.50. The van der Waals surface area contributed by atoms with Crippen LogP contribution < -0.4 is 14.8 Å². The third-order valence-corrected chi connectivity index (χ3v) is 5.65. The second-order valence-corrected chi connectivity index (χ2v) is 8.09. The second kappa shape index (κ2) is 11.0. The first-order valence-electron chi connectivity index (χ1n) is 10.6. The number of nitrogens with one attached hydrogen (secondary N) is 1. The largest absolute Gasteiger partial charge is 0.496 e. The summed E-state index contributed by atoms with van der Waals surface area (Å²) in [6, 6.07) is 12.8. The molecule has 1 aliphatic heterocycles. The van der Waals surface area contributed by atoms with E-state index in [1.165, 1.54) is 12.7 Å². The van der Waals surface area contributed by atoms with Crippen LogP contribution in [0, 0.1) is 0 Å². The molecule has 1 aliphatic rings. The predicted molar refractivity (Wildman–Crippen MR) is 121 cm³/mol. The molecule has 2 aromatic carbocycles. The molecular weight excluding hydrogens is 416 g/mol. The van der Waals surface area contributed by atoms with Crippen molar-refractivity contribution < 1.29 is 19.1 Å². The highest BCUT2D eigenvalue weighted by molar-refractivity contribution is 6.31. The van der Waals surface area contributed by atoms with Crippen LogP contribution in [0.2, 0.25) is 5.02 Å². The lowest BCUT2D eigenvalue weighted by atomic mass is 10.0. The van der Waals surface area contributed by atoms with Gasteiger partial charge in [-0.3, -0.25) is 9.59 Å². The maximum atomic E-state index is 12.6. The van der Waals surface area contributed by atoms with Crippen molar-refractivity contribution >= 4 is 23.4 Å². The number of benzene rings is 2. The number of nitrogens with zero attached hydrogens (tertiary/aromatic N) is 1. The summed E-state index contributed by atoms with van der Waals surface area (Å²) in [6.45, 7) is 3.32. The van der Waals surface area contributed by atoms with Crippen LogP contribution >= 0.6 is 11.6 Å². The number of piperidine rings is 1. The quantitative estimate of drug-likeness (QED) is 0.665. The molecular formula is C24H29ClN2O4. The Bertz CT molecular complexity index is 893. The Morgan fingerprint density at radius 1 is 1.13 bits per heavy atom. The van der Waals surface area contributed by atoms with E-state index in [0.29, 0.717) is 48.0 Å². The molecule has 0 aliphatic carbocycles. The number of ether oxygens (including phenoxy) is 2. The Labute approximate surface area is 188 Å². The molecule has 1 heterocycles. The zero-order valence-corrected chi connectivity index (χ0v) is 18.8. The van der Waals surface area contributed by atoms with Gasteiger partial charge in [0.05, 0.1) is 12.7 Å². The lowest BCUT2D eigenvalue weighted by Gasteiger charge is -2.32. The Kier molecular flexibility index (Phi) is 8.18. The Hall–Kier alpha value is -2.73. The van der Waals surface area contributed by atoms with Crippen LogP contribution in [0.4, 0.5) is 0 Å². The summed E-state index contributed by atoms with van der Waals surface area (Å²) < 4.78 is 10.9. The molecule has 0 saturated carbocycles. The molecule has 2 amide bonds. The van der Waals surface area contributed by atoms with E-state index < -0.39 is 0 Å². The van der Waals surface area contributed by atoms with Crippen molar-refractivity contribution in [3.63, 3.8) is 0 Å². The van der Waals surface area contributed by atoms with E-state index in [2.05, 4.69) is 12.2 Å². The monoisotopic (exact) mass is 444 g/mol. The minimum atomic E-state index is -0.223. The van der Waals surface area contributed by atoms with Crippen LogP contribution in [-0.4, -0.2) is 49.6 Å². The molecule has 0 unspecified atom stereocenters. The Morgan fingerprint density at radius 3 is 2.48 bits per heavy atom. The van der Waals surface area contributed by atoms with Crippen LogP contribution in [0.5, 0.6) is 11.5 Å². The van der Waals surface area contributed by atoms with Crippen molar-refractivity contribution in [3.8, 4) is 11.5 Å². The van der Waals surface area contributed by atoms with Crippen LogP contribution in [0.25, 0.3) is 0 Å². The van der Waals surface area contributed by atoms with Crippen molar-refractivity contribution in [2.75, 3.05) is 26.8 Å². The van der Waals surface area contributed by atoms with Gasteiger partial charge in [-0.15, -0.1) is 0 Å². The number of likely N-dealkylation sites (tertiary alicyclic amines) is 1. The summed E-state index contributed by atoms with van der Waals surface area (Å²) in [7, 11) is 1.52. The normalized spacial score (nSPS) is 14.2. The van der Waals surface area contributed by atoms with Crippen LogP contribution in [0.15, 0.2) is 42.5 Å². The summed E-state index contributed by atoms with van der Waals surface area (Å²) in [5.74, 6) is 0.915. The van der Waals surface area contributed by atoms with Gasteiger partial charge in [0, 0.05) is 24.2 Å². The molecule has 1 saturated heterocycles. The minimum absolute atomic E-state index is 0.00716. The number of rotatable bonds is 8. The van der Waals surface area contributed by atoms with Crippen molar-refractivity contribution in [2.45, 2.75) is 38.6 Å². The van der Waals surface area contributed by atoms with Gasteiger partial charge in [0.15, 0.2) is 6.61 Å².